The molecule has 1 aromatic heterocycles. The summed E-state index contributed by atoms with van der Waals surface area (Å²) in [5, 5.41) is 21.5. The van der Waals surface area contributed by atoms with Crippen LogP contribution in [0.25, 0.3) is 0 Å². The number of hydrogen-bond acceptors (Lipinski definition) is 5. The van der Waals surface area contributed by atoms with Crippen molar-refractivity contribution in [2.75, 3.05) is 18.1 Å². The van der Waals surface area contributed by atoms with Crippen LogP contribution in [-0.4, -0.2) is 56.2 Å². The summed E-state index contributed by atoms with van der Waals surface area (Å²) in [5.74, 6) is 1.01. The van der Waals surface area contributed by atoms with Gasteiger partial charge in [0.05, 0.1) is 12.7 Å². The molecule has 1 atom stereocenters. The van der Waals surface area contributed by atoms with Crippen molar-refractivity contribution in [3.63, 3.8) is 0 Å². The highest BCUT2D eigenvalue weighted by Crippen LogP contribution is 2.16. The summed E-state index contributed by atoms with van der Waals surface area (Å²) in [7, 11) is 0. The number of amides is 2. The highest BCUT2D eigenvalue weighted by molar-refractivity contribution is 7.99. The van der Waals surface area contributed by atoms with Crippen LogP contribution >= 0.6 is 11.8 Å². The van der Waals surface area contributed by atoms with Gasteiger partial charge in [0.2, 0.25) is 0 Å². The summed E-state index contributed by atoms with van der Waals surface area (Å²) in [6.45, 7) is 0.751. The van der Waals surface area contributed by atoms with Crippen molar-refractivity contribution in [3.05, 3.63) is 11.9 Å². The van der Waals surface area contributed by atoms with E-state index in [9.17, 15) is 9.59 Å². The summed E-state index contributed by atoms with van der Waals surface area (Å²) >= 11 is 1.85. The topological polar surface area (TPSA) is 109 Å². The first-order valence-corrected chi connectivity index (χ1v) is 7.56. The van der Waals surface area contributed by atoms with E-state index in [-0.39, 0.29) is 17.8 Å². The third kappa shape index (κ3) is 4.41. The van der Waals surface area contributed by atoms with Crippen molar-refractivity contribution >= 4 is 23.8 Å². The fraction of sp³-hybridized carbons (Fsp3) is 0.636. The first-order valence-electron chi connectivity index (χ1n) is 6.40. The molecule has 9 heteroatoms. The summed E-state index contributed by atoms with van der Waals surface area (Å²) in [6, 6.07) is 0.0369. The number of urea groups is 1. The lowest BCUT2D eigenvalue weighted by Gasteiger charge is -2.22. The Morgan fingerprint density at radius 3 is 3.05 bits per heavy atom. The molecule has 8 nitrogen and oxygen atoms in total. The van der Waals surface area contributed by atoms with Crippen molar-refractivity contribution in [3.8, 4) is 0 Å². The average molecular weight is 299 g/mol. The number of hydrogen-bond donors (Lipinski definition) is 3. The van der Waals surface area contributed by atoms with Crippen LogP contribution in [-0.2, 0) is 6.54 Å². The van der Waals surface area contributed by atoms with Gasteiger partial charge in [-0.2, -0.15) is 11.8 Å². The molecule has 1 unspecified atom stereocenters. The third-order valence-electron chi connectivity index (χ3n) is 2.88. The van der Waals surface area contributed by atoms with E-state index in [0.29, 0.717) is 13.1 Å². The number of nitrogens with one attached hydrogen (secondary N) is 2. The fourth-order valence-corrected chi connectivity index (χ4v) is 2.95. The largest absolute Gasteiger partial charge is 0.476 e. The number of thioether (sulfide) groups is 1. The number of carbonyl (C=O) groups is 2. The predicted molar refractivity (Wildman–Crippen MR) is 73.9 cm³/mol. The first kappa shape index (κ1) is 14.6. The lowest BCUT2D eigenvalue weighted by Crippen LogP contribution is -2.45. The average Bonchev–Trinajstić information content (AvgIpc) is 2.89. The van der Waals surface area contributed by atoms with Gasteiger partial charge in [-0.3, -0.25) is 0 Å². The molecule has 2 amide bonds. The lowest BCUT2D eigenvalue weighted by molar-refractivity contribution is 0.0690. The Kier molecular flexibility index (Phi) is 5.22. The van der Waals surface area contributed by atoms with Crippen molar-refractivity contribution in [2.45, 2.75) is 25.4 Å². The van der Waals surface area contributed by atoms with Crippen LogP contribution in [0.5, 0.6) is 0 Å². The Morgan fingerprint density at radius 1 is 1.55 bits per heavy atom. The number of carboxylic acids is 1. The van der Waals surface area contributed by atoms with Crippen LogP contribution < -0.4 is 10.6 Å². The zero-order chi connectivity index (χ0) is 14.4. The zero-order valence-corrected chi connectivity index (χ0v) is 11.7. The van der Waals surface area contributed by atoms with E-state index in [2.05, 4.69) is 20.9 Å². The van der Waals surface area contributed by atoms with Crippen LogP contribution in [0.3, 0.4) is 0 Å². The Morgan fingerprint density at radius 2 is 2.40 bits per heavy atom. The standard InChI is InChI=1S/C11H17N5O3S/c17-10(18)9-6-16(15-14-9)4-3-12-11(19)13-8-2-1-5-20-7-8/h6,8H,1-5,7H2,(H,17,18)(H2,12,13,19). The molecule has 0 radical (unpaired) electrons. The van der Waals surface area contributed by atoms with E-state index in [1.807, 2.05) is 11.8 Å². The molecule has 1 aromatic rings. The number of carbonyl (C=O) groups excluding carboxylic acids is 1. The minimum absolute atomic E-state index is 0.103. The fourth-order valence-electron chi connectivity index (χ4n) is 1.88. The summed E-state index contributed by atoms with van der Waals surface area (Å²) in [6.07, 6.45) is 3.48. The molecule has 1 aliphatic heterocycles. The number of aromatic carboxylic acids is 1. The van der Waals surface area contributed by atoms with Crippen LogP contribution in [0.15, 0.2) is 6.20 Å². The molecule has 110 valence electrons. The maximum atomic E-state index is 11.6. The van der Waals surface area contributed by atoms with Gasteiger partial charge in [0.25, 0.3) is 0 Å². The molecular formula is C11H17N5O3S. The second kappa shape index (κ2) is 7.13. The van der Waals surface area contributed by atoms with Crippen LogP contribution in [0.4, 0.5) is 4.79 Å². The van der Waals surface area contributed by atoms with Crippen molar-refractivity contribution in [1.82, 2.24) is 25.6 Å². The SMILES string of the molecule is O=C(NCCn1cc(C(=O)O)nn1)NC1CCCSC1. The van der Waals surface area contributed by atoms with Crippen molar-refractivity contribution in [2.24, 2.45) is 0 Å². The molecule has 3 N–H and O–H groups in total. The maximum absolute atomic E-state index is 11.6. The van der Waals surface area contributed by atoms with Crippen LogP contribution in [0.1, 0.15) is 23.3 Å². The quantitative estimate of drug-likeness (QED) is 0.715. The van der Waals surface area contributed by atoms with Gasteiger partial charge >= 0.3 is 12.0 Å². The molecule has 1 aliphatic rings. The van der Waals surface area contributed by atoms with Gasteiger partial charge in [-0.25, -0.2) is 14.3 Å². The first-order chi connectivity index (χ1) is 9.65. The van der Waals surface area contributed by atoms with E-state index in [1.54, 1.807) is 0 Å². The highest BCUT2D eigenvalue weighted by Gasteiger charge is 2.15. The Hall–Kier alpha value is -1.77. The monoisotopic (exact) mass is 299 g/mol. The van der Waals surface area contributed by atoms with Gasteiger partial charge in [-0.15, -0.1) is 5.10 Å². The summed E-state index contributed by atoms with van der Waals surface area (Å²) in [5.41, 5.74) is -0.103. The molecule has 1 saturated heterocycles. The van der Waals surface area contributed by atoms with Crippen LogP contribution in [0.2, 0.25) is 0 Å². The van der Waals surface area contributed by atoms with Crippen molar-refractivity contribution in [1.29, 1.82) is 0 Å². The molecule has 2 heterocycles. The summed E-state index contributed by atoms with van der Waals surface area (Å²) in [4.78, 5) is 22.3. The molecule has 20 heavy (non-hydrogen) atoms. The van der Waals surface area contributed by atoms with Gasteiger partial charge in [-0.1, -0.05) is 5.21 Å². The molecule has 0 bridgehead atoms. The second-order valence-corrected chi connectivity index (χ2v) is 5.64. The number of aromatic nitrogens is 3. The predicted octanol–water partition coefficient (Wildman–Crippen LogP) is 0.171. The van der Waals surface area contributed by atoms with Crippen LogP contribution in [0, 0.1) is 0 Å². The Bertz CT molecular complexity index is 472. The number of carboxylic acid groups (broad SMARTS) is 1. The van der Waals surface area contributed by atoms with Gasteiger partial charge in [0.1, 0.15) is 0 Å². The molecule has 0 spiro atoms. The number of rotatable bonds is 5. The highest BCUT2D eigenvalue weighted by atomic mass is 32.2. The molecule has 0 aliphatic carbocycles. The van der Waals surface area contributed by atoms with E-state index in [4.69, 9.17) is 5.11 Å². The van der Waals surface area contributed by atoms with Crippen molar-refractivity contribution < 1.29 is 14.7 Å². The van der Waals surface area contributed by atoms with Gasteiger partial charge in [-0.05, 0) is 18.6 Å². The molecule has 0 saturated carbocycles. The van der Waals surface area contributed by atoms with E-state index in [1.165, 1.54) is 10.9 Å². The molecular weight excluding hydrogens is 282 g/mol. The van der Waals surface area contributed by atoms with E-state index in [0.717, 1.165) is 24.3 Å². The Labute approximate surface area is 120 Å². The smallest absolute Gasteiger partial charge is 0.358 e. The molecule has 1 fully saturated rings. The molecule has 0 aromatic carbocycles. The lowest BCUT2D eigenvalue weighted by atomic mass is 10.2. The van der Waals surface area contributed by atoms with E-state index >= 15 is 0 Å². The van der Waals surface area contributed by atoms with E-state index < -0.39 is 5.97 Å². The minimum Gasteiger partial charge on any atom is -0.476 e. The third-order valence-corrected chi connectivity index (χ3v) is 4.10. The van der Waals surface area contributed by atoms with Gasteiger partial charge in [0, 0.05) is 18.3 Å². The number of nitrogens with zero attached hydrogens (tertiary/aromatic N) is 3. The molecule has 2 rings (SSSR count). The maximum Gasteiger partial charge on any atom is 0.358 e. The van der Waals surface area contributed by atoms with Gasteiger partial charge in [0.15, 0.2) is 5.69 Å². The summed E-state index contributed by atoms with van der Waals surface area (Å²) < 4.78 is 1.39. The van der Waals surface area contributed by atoms with Gasteiger partial charge < -0.3 is 15.7 Å². The minimum atomic E-state index is -1.11. The zero-order valence-electron chi connectivity index (χ0n) is 10.9. The Balaban J connectivity index is 1.66. The second-order valence-electron chi connectivity index (χ2n) is 4.49. The normalized spacial score (nSPS) is 18.5.